The fraction of sp³-hybridized carbons (Fsp3) is 0.278. The lowest BCUT2D eigenvalue weighted by Crippen LogP contribution is -2.35. The molecule has 0 aliphatic carbocycles. The van der Waals surface area contributed by atoms with Gasteiger partial charge in [-0.3, -0.25) is 9.59 Å². The van der Waals surface area contributed by atoms with Gasteiger partial charge in [0, 0.05) is 44.0 Å². The second-order valence-corrected chi connectivity index (χ2v) is 6.01. The van der Waals surface area contributed by atoms with E-state index in [-0.39, 0.29) is 18.0 Å². The second kappa shape index (κ2) is 7.30. The Kier molecular flexibility index (Phi) is 4.92. The zero-order valence-electron chi connectivity index (χ0n) is 14.9. The normalized spacial score (nSPS) is 10.7. The van der Waals surface area contributed by atoms with Crippen LogP contribution in [0.4, 0.5) is 5.95 Å². The molecule has 8 heteroatoms. The van der Waals surface area contributed by atoms with Crippen molar-refractivity contribution in [2.24, 2.45) is 0 Å². The number of amides is 1. The summed E-state index contributed by atoms with van der Waals surface area (Å²) in [5.74, 6) is 0.303. The fourth-order valence-corrected chi connectivity index (χ4v) is 2.69. The van der Waals surface area contributed by atoms with Crippen LogP contribution in [0.25, 0.3) is 10.8 Å². The van der Waals surface area contributed by atoms with Crippen molar-refractivity contribution in [1.82, 2.24) is 24.6 Å². The summed E-state index contributed by atoms with van der Waals surface area (Å²) in [6.45, 7) is 2.06. The van der Waals surface area contributed by atoms with Gasteiger partial charge in [0.25, 0.3) is 5.56 Å². The molecule has 2 heterocycles. The van der Waals surface area contributed by atoms with Crippen molar-refractivity contribution in [2.45, 2.75) is 20.0 Å². The van der Waals surface area contributed by atoms with Gasteiger partial charge in [0.15, 0.2) is 0 Å². The molecule has 0 saturated heterocycles. The number of carbonyl (C=O) groups is 1. The molecule has 26 heavy (non-hydrogen) atoms. The SMILES string of the molecule is CNc1ncc(CN(C)C(=O)Cn2nc(C)c3ccccc3c2=O)cn1. The summed E-state index contributed by atoms with van der Waals surface area (Å²) >= 11 is 0. The predicted octanol–water partition coefficient (Wildman–Crippen LogP) is 1.20. The van der Waals surface area contributed by atoms with E-state index < -0.39 is 0 Å². The predicted molar refractivity (Wildman–Crippen MR) is 98.8 cm³/mol. The molecule has 1 aromatic carbocycles. The summed E-state index contributed by atoms with van der Waals surface area (Å²) in [6, 6.07) is 7.27. The molecule has 2 aromatic heterocycles. The highest BCUT2D eigenvalue weighted by molar-refractivity contribution is 5.83. The molecular weight excluding hydrogens is 332 g/mol. The van der Waals surface area contributed by atoms with Gasteiger partial charge in [0.05, 0.1) is 11.1 Å². The Hall–Kier alpha value is -3.29. The number of anilines is 1. The number of aromatic nitrogens is 4. The van der Waals surface area contributed by atoms with Gasteiger partial charge in [-0.1, -0.05) is 18.2 Å². The summed E-state index contributed by atoms with van der Waals surface area (Å²) in [6.07, 6.45) is 3.32. The smallest absolute Gasteiger partial charge is 0.275 e. The summed E-state index contributed by atoms with van der Waals surface area (Å²) in [5, 5.41) is 8.48. The topological polar surface area (TPSA) is 93.0 Å². The average molecular weight is 352 g/mol. The highest BCUT2D eigenvalue weighted by atomic mass is 16.2. The molecule has 0 saturated carbocycles. The van der Waals surface area contributed by atoms with Gasteiger partial charge in [-0.25, -0.2) is 14.6 Å². The average Bonchev–Trinajstić information content (AvgIpc) is 2.66. The van der Waals surface area contributed by atoms with Crippen LogP contribution >= 0.6 is 0 Å². The van der Waals surface area contributed by atoms with Gasteiger partial charge in [-0.15, -0.1) is 0 Å². The minimum atomic E-state index is -0.269. The number of likely N-dealkylation sites (N-methyl/N-ethyl adjacent to an activating group) is 1. The Morgan fingerprint density at radius 3 is 2.50 bits per heavy atom. The summed E-state index contributed by atoms with van der Waals surface area (Å²) in [4.78, 5) is 34.9. The van der Waals surface area contributed by atoms with Crippen LogP contribution in [-0.2, 0) is 17.9 Å². The quantitative estimate of drug-likeness (QED) is 0.742. The van der Waals surface area contributed by atoms with E-state index in [0.29, 0.717) is 23.6 Å². The molecule has 134 valence electrons. The monoisotopic (exact) mass is 352 g/mol. The number of nitrogens with one attached hydrogen (secondary N) is 1. The first kappa shape index (κ1) is 17.5. The first-order valence-electron chi connectivity index (χ1n) is 8.18. The largest absolute Gasteiger partial charge is 0.357 e. The third-order valence-corrected chi connectivity index (χ3v) is 4.11. The Morgan fingerprint density at radius 1 is 1.19 bits per heavy atom. The number of nitrogens with zero attached hydrogens (tertiary/aromatic N) is 5. The van der Waals surface area contributed by atoms with Gasteiger partial charge in [0.2, 0.25) is 11.9 Å². The van der Waals surface area contributed by atoms with Crippen LogP contribution in [0.3, 0.4) is 0 Å². The van der Waals surface area contributed by atoms with E-state index in [0.717, 1.165) is 10.9 Å². The van der Waals surface area contributed by atoms with Crippen molar-refractivity contribution in [3.05, 3.63) is 58.3 Å². The highest BCUT2D eigenvalue weighted by Crippen LogP contribution is 2.12. The number of aryl methyl sites for hydroxylation is 1. The minimum Gasteiger partial charge on any atom is -0.357 e. The van der Waals surface area contributed by atoms with Crippen LogP contribution in [0.2, 0.25) is 0 Å². The third kappa shape index (κ3) is 3.53. The van der Waals surface area contributed by atoms with Crippen molar-refractivity contribution < 1.29 is 4.79 Å². The van der Waals surface area contributed by atoms with Crippen molar-refractivity contribution in [3.8, 4) is 0 Å². The zero-order chi connectivity index (χ0) is 18.7. The van der Waals surface area contributed by atoms with Crippen LogP contribution in [0.15, 0.2) is 41.5 Å². The Labute approximate surface area is 150 Å². The Bertz CT molecular complexity index is 997. The lowest BCUT2D eigenvalue weighted by molar-refractivity contribution is -0.131. The molecule has 0 unspecified atom stereocenters. The van der Waals surface area contributed by atoms with Crippen molar-refractivity contribution >= 4 is 22.6 Å². The minimum absolute atomic E-state index is 0.115. The van der Waals surface area contributed by atoms with E-state index in [1.54, 1.807) is 38.6 Å². The Balaban J connectivity index is 1.77. The molecule has 0 radical (unpaired) electrons. The van der Waals surface area contributed by atoms with Crippen molar-refractivity contribution in [1.29, 1.82) is 0 Å². The van der Waals surface area contributed by atoms with E-state index in [1.165, 1.54) is 9.58 Å². The molecule has 0 spiro atoms. The van der Waals surface area contributed by atoms with Crippen molar-refractivity contribution in [3.63, 3.8) is 0 Å². The molecule has 0 atom stereocenters. The first-order valence-corrected chi connectivity index (χ1v) is 8.18. The van der Waals surface area contributed by atoms with Crippen LogP contribution < -0.4 is 10.9 Å². The number of hydrogen-bond donors (Lipinski definition) is 1. The lowest BCUT2D eigenvalue weighted by Gasteiger charge is -2.17. The van der Waals surface area contributed by atoms with Crippen LogP contribution in [0.1, 0.15) is 11.3 Å². The third-order valence-electron chi connectivity index (χ3n) is 4.11. The van der Waals surface area contributed by atoms with E-state index >= 15 is 0 Å². The van der Waals surface area contributed by atoms with Gasteiger partial charge in [-0.05, 0) is 13.0 Å². The van der Waals surface area contributed by atoms with Crippen LogP contribution in [0.5, 0.6) is 0 Å². The summed E-state index contributed by atoms with van der Waals surface area (Å²) in [7, 11) is 3.41. The zero-order valence-corrected chi connectivity index (χ0v) is 14.9. The standard InChI is InChI=1S/C18H20N6O2/c1-12-14-6-4-5-7-15(14)17(26)24(22-12)11-16(25)23(3)10-13-8-20-18(19-2)21-9-13/h4-9H,10-11H2,1-3H3,(H,19,20,21). The number of benzene rings is 1. The molecule has 1 N–H and O–H groups in total. The van der Waals surface area contributed by atoms with E-state index in [1.807, 2.05) is 19.1 Å². The van der Waals surface area contributed by atoms with Crippen molar-refractivity contribution in [2.75, 3.05) is 19.4 Å². The molecule has 0 fully saturated rings. The van der Waals surface area contributed by atoms with Gasteiger partial charge < -0.3 is 10.2 Å². The molecule has 0 aliphatic rings. The molecule has 8 nitrogen and oxygen atoms in total. The summed E-state index contributed by atoms with van der Waals surface area (Å²) < 4.78 is 1.22. The van der Waals surface area contributed by atoms with E-state index in [4.69, 9.17) is 0 Å². The number of carbonyl (C=O) groups excluding carboxylic acids is 1. The highest BCUT2D eigenvalue weighted by Gasteiger charge is 2.14. The maximum atomic E-state index is 12.6. The molecule has 3 aromatic rings. The molecule has 3 rings (SSSR count). The maximum Gasteiger partial charge on any atom is 0.275 e. The number of fused-ring (bicyclic) bond motifs is 1. The number of rotatable bonds is 5. The first-order chi connectivity index (χ1) is 12.5. The van der Waals surface area contributed by atoms with Gasteiger partial charge in [0.1, 0.15) is 6.54 Å². The number of hydrogen-bond acceptors (Lipinski definition) is 6. The summed E-state index contributed by atoms with van der Waals surface area (Å²) in [5.41, 5.74) is 1.25. The maximum absolute atomic E-state index is 12.6. The van der Waals surface area contributed by atoms with Gasteiger partial charge in [-0.2, -0.15) is 5.10 Å². The van der Waals surface area contributed by atoms with E-state index in [9.17, 15) is 9.59 Å². The fourth-order valence-electron chi connectivity index (χ4n) is 2.69. The lowest BCUT2D eigenvalue weighted by atomic mass is 10.1. The van der Waals surface area contributed by atoms with Gasteiger partial charge >= 0.3 is 0 Å². The second-order valence-electron chi connectivity index (χ2n) is 6.01. The van der Waals surface area contributed by atoms with Crippen LogP contribution in [-0.4, -0.2) is 44.7 Å². The molecule has 0 bridgehead atoms. The molecular formula is C18H20N6O2. The molecule has 1 amide bonds. The Morgan fingerprint density at radius 2 is 1.85 bits per heavy atom. The van der Waals surface area contributed by atoms with Crippen LogP contribution in [0, 0.1) is 6.92 Å². The van der Waals surface area contributed by atoms with E-state index in [2.05, 4.69) is 20.4 Å². The molecule has 0 aliphatic heterocycles.